The van der Waals surface area contributed by atoms with Gasteiger partial charge < -0.3 is 20.3 Å². The number of esters is 1. The van der Waals surface area contributed by atoms with Crippen LogP contribution in [0.2, 0.25) is 0 Å². The molecule has 0 saturated heterocycles. The Balaban J connectivity index is 3.36. The summed E-state index contributed by atoms with van der Waals surface area (Å²) in [5.74, 6) is -0.0499. The van der Waals surface area contributed by atoms with E-state index in [1.54, 1.807) is 6.08 Å². The van der Waals surface area contributed by atoms with Gasteiger partial charge in [0.1, 0.15) is 0 Å². The molecule has 478 valence electrons. The molecule has 81 heavy (non-hydrogen) atoms. The third-order valence-electron chi connectivity index (χ3n) is 17.2. The zero-order chi connectivity index (χ0) is 58.5. The first kappa shape index (κ1) is 79.1. The van der Waals surface area contributed by atoms with E-state index in [9.17, 15) is 19.8 Å². The molecule has 2 atom stereocenters. The summed E-state index contributed by atoms with van der Waals surface area (Å²) in [4.78, 5) is 24.6. The van der Waals surface area contributed by atoms with Gasteiger partial charge in [0, 0.05) is 12.8 Å². The van der Waals surface area contributed by atoms with Crippen molar-refractivity contribution in [2.24, 2.45) is 0 Å². The first-order chi connectivity index (χ1) is 40.0. The SMILES string of the molecule is CCCCCC/C=C\C/C=C\CCCCCCCCCC(=O)OCCCCCCCCCCCCCCCCCCCCCCCCCCCCCCC(=O)NC(CO)C(O)/C=C/CCCCCCCCCCCCCCCCCC. The first-order valence-corrected chi connectivity index (χ1v) is 36.8. The van der Waals surface area contributed by atoms with Crippen molar-refractivity contribution in [2.45, 2.75) is 418 Å². The molecule has 2 unspecified atom stereocenters. The maximum atomic E-state index is 12.5. The van der Waals surface area contributed by atoms with Gasteiger partial charge in [-0.1, -0.05) is 365 Å². The fraction of sp³-hybridized carbons (Fsp3) is 0.893. The average molecular weight is 1140 g/mol. The quantitative estimate of drug-likeness (QED) is 0.0320. The monoisotopic (exact) mass is 1140 g/mol. The van der Waals surface area contributed by atoms with Crippen LogP contribution in [0, 0.1) is 0 Å². The van der Waals surface area contributed by atoms with Gasteiger partial charge in [0.2, 0.25) is 5.91 Å². The Bertz CT molecular complexity index is 1310. The van der Waals surface area contributed by atoms with Crippen LogP contribution in [0.5, 0.6) is 0 Å². The van der Waals surface area contributed by atoms with E-state index in [1.807, 2.05) is 6.08 Å². The highest BCUT2D eigenvalue weighted by Crippen LogP contribution is 2.19. The highest BCUT2D eigenvalue weighted by atomic mass is 16.5. The van der Waals surface area contributed by atoms with Crippen LogP contribution in [0.25, 0.3) is 0 Å². The Morgan fingerprint density at radius 3 is 0.951 bits per heavy atom. The molecule has 0 aromatic carbocycles. The van der Waals surface area contributed by atoms with Gasteiger partial charge in [-0.2, -0.15) is 0 Å². The van der Waals surface area contributed by atoms with Crippen molar-refractivity contribution in [3.8, 4) is 0 Å². The van der Waals surface area contributed by atoms with Crippen LogP contribution in [0.1, 0.15) is 406 Å². The van der Waals surface area contributed by atoms with Gasteiger partial charge in [-0.3, -0.25) is 9.59 Å². The lowest BCUT2D eigenvalue weighted by molar-refractivity contribution is -0.143. The van der Waals surface area contributed by atoms with Gasteiger partial charge in [-0.05, 0) is 64.2 Å². The van der Waals surface area contributed by atoms with Crippen molar-refractivity contribution in [1.82, 2.24) is 5.32 Å². The number of carbonyl (C=O) groups is 2. The summed E-state index contributed by atoms with van der Waals surface area (Å²) in [7, 11) is 0. The van der Waals surface area contributed by atoms with Gasteiger partial charge in [-0.25, -0.2) is 0 Å². The second-order valence-corrected chi connectivity index (χ2v) is 25.3. The van der Waals surface area contributed by atoms with E-state index in [0.29, 0.717) is 19.4 Å². The molecule has 0 aromatic rings. The Kier molecular flexibility index (Phi) is 68.9. The second-order valence-electron chi connectivity index (χ2n) is 25.3. The Morgan fingerprint density at radius 2 is 0.617 bits per heavy atom. The van der Waals surface area contributed by atoms with Gasteiger partial charge in [0.15, 0.2) is 0 Å². The van der Waals surface area contributed by atoms with Crippen LogP contribution in [0.4, 0.5) is 0 Å². The van der Waals surface area contributed by atoms with E-state index in [1.165, 1.54) is 327 Å². The van der Waals surface area contributed by atoms with Gasteiger partial charge in [-0.15, -0.1) is 0 Å². The topological polar surface area (TPSA) is 95.9 Å². The molecule has 1 amide bonds. The molecule has 0 radical (unpaired) electrons. The zero-order valence-corrected chi connectivity index (χ0v) is 54.8. The highest BCUT2D eigenvalue weighted by Gasteiger charge is 2.18. The second kappa shape index (κ2) is 70.6. The summed E-state index contributed by atoms with van der Waals surface area (Å²) in [6, 6.07) is -0.626. The molecule has 0 spiro atoms. The van der Waals surface area contributed by atoms with Crippen LogP contribution in [-0.2, 0) is 14.3 Å². The first-order valence-electron chi connectivity index (χ1n) is 36.8. The molecule has 6 nitrogen and oxygen atoms in total. The predicted octanol–water partition coefficient (Wildman–Crippen LogP) is 23.9. The standard InChI is InChI=1S/C75H143NO5/c1-3-5-7-9-11-13-15-17-19-21-35-39-43-47-51-55-59-63-67-73(78)72(71-77)76-74(79)68-64-60-56-52-48-44-40-36-33-31-29-27-25-23-24-26-28-30-32-34-38-42-46-50-54-58-62-66-70-81-75(80)69-65-61-57-53-49-45-41-37-22-20-18-16-14-12-10-8-6-4-2/h14,16,20,22,63,67,72-73,77-78H,3-13,15,17-19,21,23-62,64-66,68-71H2,1-2H3,(H,76,79)/b16-14-,22-20-,67-63+. The molecule has 0 rings (SSSR count). The normalized spacial score (nSPS) is 12.7. The molecule has 0 aliphatic rings. The number of hydrogen-bond acceptors (Lipinski definition) is 5. The van der Waals surface area contributed by atoms with Crippen molar-refractivity contribution in [3.63, 3.8) is 0 Å². The van der Waals surface area contributed by atoms with Gasteiger partial charge in [0.05, 0.1) is 25.4 Å². The number of carbonyl (C=O) groups excluding carboxylic acids is 2. The fourth-order valence-corrected chi connectivity index (χ4v) is 11.6. The molecule has 0 aromatic heterocycles. The van der Waals surface area contributed by atoms with Crippen LogP contribution < -0.4 is 5.32 Å². The zero-order valence-electron chi connectivity index (χ0n) is 54.8. The fourth-order valence-electron chi connectivity index (χ4n) is 11.6. The maximum Gasteiger partial charge on any atom is 0.305 e. The van der Waals surface area contributed by atoms with Crippen LogP contribution in [-0.4, -0.2) is 47.4 Å². The molecule has 3 N–H and O–H groups in total. The largest absolute Gasteiger partial charge is 0.466 e. The molecular weight excluding hydrogens is 995 g/mol. The van der Waals surface area contributed by atoms with Crippen molar-refractivity contribution in [3.05, 3.63) is 36.5 Å². The van der Waals surface area contributed by atoms with Crippen LogP contribution in [0.15, 0.2) is 36.5 Å². The minimum atomic E-state index is -0.843. The number of rotatable bonds is 69. The summed E-state index contributed by atoms with van der Waals surface area (Å²) in [6.45, 7) is 4.92. The summed E-state index contributed by atoms with van der Waals surface area (Å²) in [5.41, 5.74) is 0. The lowest BCUT2D eigenvalue weighted by Crippen LogP contribution is -2.45. The molecule has 0 aliphatic heterocycles. The maximum absolute atomic E-state index is 12.5. The van der Waals surface area contributed by atoms with Crippen molar-refractivity contribution in [1.29, 1.82) is 0 Å². The predicted molar refractivity (Wildman–Crippen MR) is 356 cm³/mol. The number of amides is 1. The number of allylic oxidation sites excluding steroid dienone is 5. The smallest absolute Gasteiger partial charge is 0.305 e. The van der Waals surface area contributed by atoms with Gasteiger partial charge >= 0.3 is 5.97 Å². The number of aliphatic hydroxyl groups is 2. The highest BCUT2D eigenvalue weighted by molar-refractivity contribution is 5.76. The average Bonchev–Trinajstić information content (AvgIpc) is 3.47. The molecular formula is C75H143NO5. The van der Waals surface area contributed by atoms with Crippen molar-refractivity contribution < 1.29 is 24.5 Å². The van der Waals surface area contributed by atoms with E-state index in [0.717, 1.165) is 51.4 Å². The van der Waals surface area contributed by atoms with E-state index < -0.39 is 12.1 Å². The summed E-state index contributed by atoms with van der Waals surface area (Å²) < 4.78 is 5.51. The third-order valence-corrected chi connectivity index (χ3v) is 17.2. The molecule has 0 aliphatic carbocycles. The Labute approximate surface area is 506 Å². The Hall–Kier alpha value is -1.92. The van der Waals surface area contributed by atoms with E-state index >= 15 is 0 Å². The molecule has 6 heteroatoms. The lowest BCUT2D eigenvalue weighted by Gasteiger charge is -2.20. The van der Waals surface area contributed by atoms with Crippen molar-refractivity contribution >= 4 is 11.9 Å². The lowest BCUT2D eigenvalue weighted by atomic mass is 10.0. The Morgan fingerprint density at radius 1 is 0.346 bits per heavy atom. The van der Waals surface area contributed by atoms with Crippen LogP contribution in [0.3, 0.4) is 0 Å². The minimum absolute atomic E-state index is 0.0117. The van der Waals surface area contributed by atoms with Crippen LogP contribution >= 0.6 is 0 Å². The van der Waals surface area contributed by atoms with Crippen molar-refractivity contribution in [2.75, 3.05) is 13.2 Å². The molecule has 0 fully saturated rings. The number of aliphatic hydroxyl groups excluding tert-OH is 2. The number of ether oxygens (including phenoxy) is 1. The summed E-state index contributed by atoms with van der Waals surface area (Å²) in [5, 5.41) is 23.2. The molecule has 0 heterocycles. The van der Waals surface area contributed by atoms with E-state index in [4.69, 9.17) is 4.74 Å². The summed E-state index contributed by atoms with van der Waals surface area (Å²) in [6.07, 6.45) is 90.9. The minimum Gasteiger partial charge on any atom is -0.466 e. The van der Waals surface area contributed by atoms with E-state index in [2.05, 4.69) is 43.5 Å². The molecule has 0 bridgehead atoms. The summed E-state index contributed by atoms with van der Waals surface area (Å²) >= 11 is 0. The van der Waals surface area contributed by atoms with Gasteiger partial charge in [0.25, 0.3) is 0 Å². The third kappa shape index (κ3) is 67.1. The number of unbranched alkanes of at least 4 members (excludes halogenated alkanes) is 54. The number of hydrogen-bond donors (Lipinski definition) is 3. The number of nitrogens with one attached hydrogen (secondary N) is 1. The van der Waals surface area contributed by atoms with E-state index in [-0.39, 0.29) is 18.5 Å². The molecule has 0 saturated carbocycles.